The predicted molar refractivity (Wildman–Crippen MR) is 326 cm³/mol. The number of amides is 4. The SMILES string of the molecule is Cc1ncsc1-c1ccc(CNC(=O)[C@@H]2C[C@@H](O)CN2C(=O)[C@@H](NC(=O)CCOCCCOCCCOCCCOCCCOCCNC(=O)CCC(C)(C)C(=O)O[C@H]2C[C@@H](C)C=C3C=C[C@H](C)[C@H](CC[C@@H]4C[C@@H](O)CC(=O)O4)[C@H]32)C(C)(C)C)cc1. The molecular formula is C65H99N5O15S. The molecule has 2 aromatic rings. The van der Waals surface area contributed by atoms with E-state index in [2.05, 4.69) is 53.0 Å². The van der Waals surface area contributed by atoms with Crippen LogP contribution < -0.4 is 16.0 Å². The molecule has 4 aliphatic rings. The summed E-state index contributed by atoms with van der Waals surface area (Å²) in [7, 11) is 0. The topological polar surface area (TPSA) is 260 Å². The summed E-state index contributed by atoms with van der Waals surface area (Å²) in [6.45, 7) is 20.9. The second-order valence-electron chi connectivity index (χ2n) is 25.4. The molecule has 0 radical (unpaired) electrons. The Hall–Kier alpha value is -5.13. The average Bonchev–Trinajstić information content (AvgIpc) is 1.18. The Kier molecular flexibility index (Phi) is 28.6. The molecule has 0 bridgehead atoms. The van der Waals surface area contributed by atoms with Gasteiger partial charge in [0, 0.05) is 104 Å². The number of carbonyl (C=O) groups is 6. The van der Waals surface area contributed by atoms with Crippen LogP contribution in [0, 0.1) is 41.4 Å². The minimum Gasteiger partial charge on any atom is -0.462 e. The number of aliphatic hydroxyl groups excluding tert-OH is 2. The summed E-state index contributed by atoms with van der Waals surface area (Å²) >= 11 is 1.57. The van der Waals surface area contributed by atoms with Gasteiger partial charge < -0.3 is 64.2 Å². The summed E-state index contributed by atoms with van der Waals surface area (Å²) in [5, 5.41) is 29.4. The quantitative estimate of drug-likeness (QED) is 0.0330. The van der Waals surface area contributed by atoms with Gasteiger partial charge in [-0.1, -0.05) is 77.1 Å². The highest BCUT2D eigenvalue weighted by molar-refractivity contribution is 7.13. The first-order valence-electron chi connectivity index (χ1n) is 31.3. The number of esters is 2. The number of aryl methyl sites for hydroxylation is 1. The molecule has 1 aromatic carbocycles. The standard InChI is InChI=1S/C65H99N5O15S/c1-43-35-48-16-13-44(2)52(20-19-51-37-49(71)39-57(75)84-51)58(48)54(36-43)85-63(78)65(7,8)23-21-55(73)66-24-34-83-32-12-30-81-28-10-26-79-25-9-27-80-29-11-31-82-33-22-56(74)69-60(64(4,5)6)62(77)70-41-50(72)38-53(70)61(76)67-40-46-14-17-47(18-15-46)59-45(3)68-42-86-59/h13-18,35,42-44,49-54,58,60,71-72H,9-12,19-34,36-41H2,1-8H3,(H,66,73)(H,67,76)(H,69,74)/t43-,44-,49+,50+,51+,52-,53-,54-,58-,60+/m0/s1. The lowest BCUT2D eigenvalue weighted by Crippen LogP contribution is -2.57. The summed E-state index contributed by atoms with van der Waals surface area (Å²) in [4.78, 5) is 85.8. The minimum atomic E-state index is -0.920. The van der Waals surface area contributed by atoms with Crippen LogP contribution in [0.2, 0.25) is 0 Å². The number of benzene rings is 1. The number of likely N-dealkylation sites (tertiary alicyclic amines) is 1. The molecule has 2 aliphatic heterocycles. The minimum absolute atomic E-state index is 0.00208. The number of rotatable bonds is 36. The molecule has 4 amide bonds. The van der Waals surface area contributed by atoms with E-state index in [4.69, 9.17) is 33.2 Å². The van der Waals surface area contributed by atoms with Crippen LogP contribution in [0.1, 0.15) is 143 Å². The number of hydrogen-bond acceptors (Lipinski definition) is 17. The van der Waals surface area contributed by atoms with Gasteiger partial charge in [0.1, 0.15) is 24.3 Å². The van der Waals surface area contributed by atoms with Crippen molar-refractivity contribution in [1.82, 2.24) is 25.8 Å². The van der Waals surface area contributed by atoms with Crippen LogP contribution >= 0.6 is 11.3 Å². The van der Waals surface area contributed by atoms with Gasteiger partial charge in [-0.2, -0.15) is 0 Å². The molecule has 10 atom stereocenters. The first kappa shape index (κ1) is 70.0. The monoisotopic (exact) mass is 1220 g/mol. The third kappa shape index (κ3) is 22.8. The van der Waals surface area contributed by atoms with E-state index in [0.717, 1.165) is 47.4 Å². The van der Waals surface area contributed by atoms with E-state index >= 15 is 0 Å². The zero-order valence-corrected chi connectivity index (χ0v) is 53.1. The molecule has 3 heterocycles. The Labute approximate surface area is 513 Å². The summed E-state index contributed by atoms with van der Waals surface area (Å²) in [6, 6.07) is 6.09. The second kappa shape index (κ2) is 35.2. The Morgan fingerprint density at radius 2 is 1.41 bits per heavy atom. The molecule has 20 nitrogen and oxygen atoms in total. The van der Waals surface area contributed by atoms with Gasteiger partial charge in [-0.3, -0.25) is 28.8 Å². The zero-order valence-electron chi connectivity index (χ0n) is 52.3. The van der Waals surface area contributed by atoms with E-state index in [-0.39, 0.29) is 111 Å². The van der Waals surface area contributed by atoms with E-state index in [9.17, 15) is 39.0 Å². The van der Waals surface area contributed by atoms with Gasteiger partial charge in [-0.15, -0.1) is 11.3 Å². The number of allylic oxidation sites excluding steroid dienone is 3. The Balaban J connectivity index is 0.716. The van der Waals surface area contributed by atoms with Crippen molar-refractivity contribution in [2.45, 2.75) is 182 Å². The lowest BCUT2D eigenvalue weighted by molar-refractivity contribution is -0.166. The summed E-state index contributed by atoms with van der Waals surface area (Å²) in [5.74, 6) is -1.26. The smallest absolute Gasteiger partial charge is 0.311 e. The molecule has 2 fully saturated rings. The van der Waals surface area contributed by atoms with E-state index in [1.165, 1.54) is 10.5 Å². The zero-order chi connectivity index (χ0) is 62.2. The van der Waals surface area contributed by atoms with E-state index in [1.807, 2.05) is 71.3 Å². The number of aliphatic hydroxyl groups is 2. The van der Waals surface area contributed by atoms with Gasteiger partial charge in [0.05, 0.1) is 53.3 Å². The molecule has 2 aliphatic carbocycles. The van der Waals surface area contributed by atoms with Crippen molar-refractivity contribution in [3.63, 3.8) is 0 Å². The number of carbonyl (C=O) groups excluding carboxylic acids is 6. The molecule has 2 saturated heterocycles. The van der Waals surface area contributed by atoms with Gasteiger partial charge in [0.2, 0.25) is 23.6 Å². The third-order valence-electron chi connectivity index (χ3n) is 16.5. The van der Waals surface area contributed by atoms with Crippen molar-refractivity contribution in [2.75, 3.05) is 79.2 Å². The van der Waals surface area contributed by atoms with Crippen LogP contribution in [-0.2, 0) is 68.5 Å². The number of β-amino-alcohol motifs (C(OH)–C–C–N with tert-alkyl or cyclic N) is 1. The largest absolute Gasteiger partial charge is 0.462 e. The molecule has 0 saturated carbocycles. The van der Waals surface area contributed by atoms with E-state index < -0.39 is 41.0 Å². The molecule has 0 unspecified atom stereocenters. The first-order chi connectivity index (χ1) is 41.1. The van der Waals surface area contributed by atoms with Crippen LogP contribution in [0.25, 0.3) is 10.4 Å². The van der Waals surface area contributed by atoms with Crippen LogP contribution in [-0.4, -0.2) is 171 Å². The molecule has 480 valence electrons. The number of cyclic esters (lactones) is 1. The molecule has 0 spiro atoms. The van der Waals surface area contributed by atoms with Crippen molar-refractivity contribution in [3.05, 3.63) is 64.8 Å². The third-order valence-corrected chi connectivity index (χ3v) is 17.5. The van der Waals surface area contributed by atoms with Crippen molar-refractivity contribution >= 4 is 46.9 Å². The Bertz CT molecular complexity index is 2530. The fourth-order valence-electron chi connectivity index (χ4n) is 11.6. The highest BCUT2D eigenvalue weighted by Crippen LogP contribution is 2.46. The van der Waals surface area contributed by atoms with E-state index in [1.54, 1.807) is 11.3 Å². The number of nitrogens with one attached hydrogen (secondary N) is 3. The van der Waals surface area contributed by atoms with Gasteiger partial charge in [0.25, 0.3) is 0 Å². The lowest BCUT2D eigenvalue weighted by Gasteiger charge is -2.44. The first-order valence-corrected chi connectivity index (χ1v) is 32.2. The lowest BCUT2D eigenvalue weighted by atomic mass is 9.65. The van der Waals surface area contributed by atoms with Crippen molar-refractivity contribution in [2.24, 2.45) is 34.5 Å². The molecule has 6 rings (SSSR count). The summed E-state index contributed by atoms with van der Waals surface area (Å²) < 4.78 is 40.4. The highest BCUT2D eigenvalue weighted by atomic mass is 32.1. The van der Waals surface area contributed by atoms with Crippen LogP contribution in [0.5, 0.6) is 0 Å². The van der Waals surface area contributed by atoms with E-state index in [0.29, 0.717) is 98.1 Å². The summed E-state index contributed by atoms with van der Waals surface area (Å²) in [6.07, 6.45) is 10.7. The molecule has 5 N–H and O–H groups in total. The number of thiazole rings is 1. The fourth-order valence-corrected chi connectivity index (χ4v) is 12.4. The number of ether oxygens (including phenoxy) is 7. The van der Waals surface area contributed by atoms with Gasteiger partial charge in [-0.05, 0) is 112 Å². The fraction of sp³-hybridized carbons (Fsp3) is 0.708. The average molecular weight is 1220 g/mol. The Morgan fingerprint density at radius 1 is 0.779 bits per heavy atom. The number of aromatic nitrogens is 1. The highest BCUT2D eigenvalue weighted by Gasteiger charge is 2.46. The van der Waals surface area contributed by atoms with Gasteiger partial charge in [-0.25, -0.2) is 4.98 Å². The van der Waals surface area contributed by atoms with Crippen LogP contribution in [0.4, 0.5) is 0 Å². The normalized spacial score (nSPS) is 23.5. The number of fused-ring (bicyclic) bond motifs is 1. The van der Waals surface area contributed by atoms with Crippen molar-refractivity contribution < 1.29 is 72.1 Å². The van der Waals surface area contributed by atoms with Gasteiger partial charge >= 0.3 is 11.9 Å². The van der Waals surface area contributed by atoms with Crippen LogP contribution in [0.15, 0.2) is 53.6 Å². The number of hydrogen-bond donors (Lipinski definition) is 5. The van der Waals surface area contributed by atoms with Crippen molar-refractivity contribution in [1.29, 1.82) is 0 Å². The predicted octanol–water partition coefficient (Wildman–Crippen LogP) is 7.35. The van der Waals surface area contributed by atoms with Crippen molar-refractivity contribution in [3.8, 4) is 10.4 Å². The maximum atomic E-state index is 14.0. The summed E-state index contributed by atoms with van der Waals surface area (Å²) in [5.41, 5.74) is 4.37. The molecule has 86 heavy (non-hydrogen) atoms. The van der Waals surface area contributed by atoms with Gasteiger partial charge in [0.15, 0.2) is 0 Å². The second-order valence-corrected chi connectivity index (χ2v) is 26.3. The maximum absolute atomic E-state index is 14.0. The van der Waals surface area contributed by atoms with Crippen LogP contribution in [0.3, 0.4) is 0 Å². The Morgan fingerprint density at radius 3 is 2.01 bits per heavy atom. The molecule has 21 heteroatoms. The molecular weight excluding hydrogens is 1120 g/mol. The number of nitrogens with zero attached hydrogens (tertiary/aromatic N) is 2. The maximum Gasteiger partial charge on any atom is 0.311 e. The molecule has 1 aromatic heterocycles.